The second-order valence-corrected chi connectivity index (χ2v) is 4.81. The van der Waals surface area contributed by atoms with Crippen molar-refractivity contribution in [3.63, 3.8) is 0 Å². The van der Waals surface area contributed by atoms with Crippen molar-refractivity contribution in [2.24, 2.45) is 0 Å². The van der Waals surface area contributed by atoms with Crippen molar-refractivity contribution >= 4 is 21.6 Å². The van der Waals surface area contributed by atoms with Gasteiger partial charge in [0.1, 0.15) is 12.4 Å². The van der Waals surface area contributed by atoms with Gasteiger partial charge in [-0.25, -0.2) is 0 Å². The lowest BCUT2D eigenvalue weighted by Crippen LogP contribution is -2.08. The summed E-state index contributed by atoms with van der Waals surface area (Å²) in [6.07, 6.45) is 2.26. The molecule has 0 saturated heterocycles. The molecule has 3 nitrogen and oxygen atoms in total. The van der Waals surface area contributed by atoms with E-state index in [1.807, 2.05) is 19.1 Å². The third kappa shape index (κ3) is 4.96. The molecule has 0 atom stereocenters. The van der Waals surface area contributed by atoms with E-state index in [4.69, 9.17) is 15.2 Å². The van der Waals surface area contributed by atoms with Gasteiger partial charge in [0.25, 0.3) is 0 Å². The number of ether oxygens (including phenoxy) is 2. The molecule has 1 rings (SSSR count). The molecule has 0 radical (unpaired) electrons. The Bertz CT molecular complexity index is 356. The van der Waals surface area contributed by atoms with Crippen LogP contribution in [0.5, 0.6) is 5.75 Å². The van der Waals surface area contributed by atoms with Gasteiger partial charge >= 0.3 is 0 Å². The maximum Gasteiger partial charge on any atom is 0.134 e. The first-order valence-corrected chi connectivity index (χ1v) is 6.70. The molecule has 0 aromatic heterocycles. The number of hydrogen-bond donors (Lipinski definition) is 1. The highest BCUT2D eigenvalue weighted by atomic mass is 79.9. The molecule has 17 heavy (non-hydrogen) atoms. The number of nitrogens with two attached hydrogens (primary N) is 1. The van der Waals surface area contributed by atoms with Gasteiger partial charge in [-0.15, -0.1) is 0 Å². The van der Waals surface area contributed by atoms with Gasteiger partial charge in [0.15, 0.2) is 0 Å². The minimum absolute atomic E-state index is 0.561. The van der Waals surface area contributed by atoms with Crippen LogP contribution in [0.1, 0.15) is 25.3 Å². The largest absolute Gasteiger partial charge is 0.490 e. The molecule has 0 aliphatic rings. The molecule has 96 valence electrons. The van der Waals surface area contributed by atoms with E-state index < -0.39 is 0 Å². The van der Waals surface area contributed by atoms with Crippen molar-refractivity contribution in [3.05, 3.63) is 22.2 Å². The Morgan fingerprint density at radius 2 is 2.00 bits per heavy atom. The van der Waals surface area contributed by atoms with E-state index in [0.29, 0.717) is 13.2 Å². The van der Waals surface area contributed by atoms with E-state index in [2.05, 4.69) is 22.9 Å². The van der Waals surface area contributed by atoms with Crippen molar-refractivity contribution in [2.45, 2.75) is 26.7 Å². The van der Waals surface area contributed by atoms with Crippen LogP contribution in [0.3, 0.4) is 0 Å². The lowest BCUT2D eigenvalue weighted by molar-refractivity contribution is 0.0978. The molecule has 1 aromatic rings. The molecule has 2 N–H and O–H groups in total. The van der Waals surface area contributed by atoms with Gasteiger partial charge in [-0.05, 0) is 47.0 Å². The summed E-state index contributed by atoms with van der Waals surface area (Å²) in [5.41, 5.74) is 7.58. The van der Waals surface area contributed by atoms with Crippen molar-refractivity contribution < 1.29 is 9.47 Å². The Kier molecular flexibility index (Phi) is 6.37. The van der Waals surface area contributed by atoms with Crippen LogP contribution in [0.2, 0.25) is 0 Å². The number of anilines is 1. The minimum atomic E-state index is 0.561. The molecule has 4 heteroatoms. The normalized spacial score (nSPS) is 10.5. The van der Waals surface area contributed by atoms with Crippen LogP contribution in [0, 0.1) is 6.92 Å². The highest BCUT2D eigenvalue weighted by Crippen LogP contribution is 2.29. The summed E-state index contributed by atoms with van der Waals surface area (Å²) in [7, 11) is 0. The van der Waals surface area contributed by atoms with E-state index >= 15 is 0 Å². The number of unbranched alkanes of at least 4 members (excludes halogenated alkanes) is 1. The first kappa shape index (κ1) is 14.3. The zero-order valence-corrected chi connectivity index (χ0v) is 12.0. The number of benzene rings is 1. The summed E-state index contributed by atoms with van der Waals surface area (Å²) in [5, 5.41) is 0. The molecule has 0 heterocycles. The average molecular weight is 302 g/mol. The van der Waals surface area contributed by atoms with Crippen LogP contribution in [0.15, 0.2) is 16.6 Å². The van der Waals surface area contributed by atoms with Gasteiger partial charge in [-0.2, -0.15) is 0 Å². The van der Waals surface area contributed by atoms with E-state index in [-0.39, 0.29) is 0 Å². The Labute approximate surface area is 111 Å². The van der Waals surface area contributed by atoms with E-state index in [1.165, 1.54) is 0 Å². The predicted molar refractivity (Wildman–Crippen MR) is 74.5 cm³/mol. The van der Waals surface area contributed by atoms with Crippen LogP contribution in [0.25, 0.3) is 0 Å². The highest BCUT2D eigenvalue weighted by molar-refractivity contribution is 9.10. The zero-order chi connectivity index (χ0) is 12.7. The first-order valence-electron chi connectivity index (χ1n) is 5.91. The van der Waals surface area contributed by atoms with Crippen LogP contribution < -0.4 is 10.5 Å². The maximum absolute atomic E-state index is 5.79. The molecule has 0 bridgehead atoms. The predicted octanol–water partition coefficient (Wildman–Crippen LogP) is 3.54. The fraction of sp³-hybridized carbons (Fsp3) is 0.538. The molecular weight excluding hydrogens is 282 g/mol. The zero-order valence-electron chi connectivity index (χ0n) is 10.5. The Hall–Kier alpha value is -0.740. The van der Waals surface area contributed by atoms with Gasteiger partial charge in [0, 0.05) is 12.3 Å². The molecule has 1 aromatic carbocycles. The molecule has 0 fully saturated rings. The molecule has 0 amide bonds. The van der Waals surface area contributed by atoms with Gasteiger partial charge in [0.2, 0.25) is 0 Å². The average Bonchev–Trinajstić information content (AvgIpc) is 2.30. The van der Waals surface area contributed by atoms with Crippen molar-refractivity contribution in [1.82, 2.24) is 0 Å². The van der Waals surface area contributed by atoms with Crippen LogP contribution in [-0.4, -0.2) is 19.8 Å². The second-order valence-electron chi connectivity index (χ2n) is 3.95. The lowest BCUT2D eigenvalue weighted by atomic mass is 10.2. The SMILES string of the molecule is CCCCOCCOc1cc(C)c(N)cc1Br. The third-order valence-corrected chi connectivity index (χ3v) is 3.07. The Morgan fingerprint density at radius 3 is 2.71 bits per heavy atom. The van der Waals surface area contributed by atoms with E-state index in [9.17, 15) is 0 Å². The molecule has 0 aliphatic heterocycles. The summed E-state index contributed by atoms with van der Waals surface area (Å²) < 4.78 is 11.9. The summed E-state index contributed by atoms with van der Waals surface area (Å²) >= 11 is 3.43. The first-order chi connectivity index (χ1) is 8.15. The minimum Gasteiger partial charge on any atom is -0.490 e. The molecule has 0 spiro atoms. The monoisotopic (exact) mass is 301 g/mol. The molecule has 0 unspecified atom stereocenters. The van der Waals surface area contributed by atoms with Gasteiger partial charge in [-0.1, -0.05) is 13.3 Å². The molecule has 0 saturated carbocycles. The number of hydrogen-bond acceptors (Lipinski definition) is 3. The molecular formula is C13H20BrNO2. The highest BCUT2D eigenvalue weighted by Gasteiger charge is 2.04. The van der Waals surface area contributed by atoms with Crippen LogP contribution in [-0.2, 0) is 4.74 Å². The van der Waals surface area contributed by atoms with Crippen molar-refractivity contribution in [1.29, 1.82) is 0 Å². The third-order valence-electron chi connectivity index (χ3n) is 2.45. The standard InChI is InChI=1S/C13H20BrNO2/c1-3-4-5-16-6-7-17-13-8-10(2)12(15)9-11(13)14/h8-9H,3-7,15H2,1-2H3. The fourth-order valence-corrected chi connectivity index (χ4v) is 1.82. The van der Waals surface area contributed by atoms with Gasteiger partial charge in [0.05, 0.1) is 11.1 Å². The Morgan fingerprint density at radius 1 is 1.24 bits per heavy atom. The summed E-state index contributed by atoms with van der Waals surface area (Å²) in [4.78, 5) is 0. The van der Waals surface area contributed by atoms with Crippen molar-refractivity contribution in [3.8, 4) is 5.75 Å². The smallest absolute Gasteiger partial charge is 0.134 e. The Balaban J connectivity index is 2.34. The summed E-state index contributed by atoms with van der Waals surface area (Å²) in [6.45, 7) is 6.10. The maximum atomic E-state index is 5.79. The number of halogens is 1. The number of rotatable bonds is 7. The van der Waals surface area contributed by atoms with Gasteiger partial charge in [-0.3, -0.25) is 0 Å². The van der Waals surface area contributed by atoms with Crippen LogP contribution in [0.4, 0.5) is 5.69 Å². The summed E-state index contributed by atoms with van der Waals surface area (Å²) in [5.74, 6) is 0.816. The topological polar surface area (TPSA) is 44.5 Å². The lowest BCUT2D eigenvalue weighted by Gasteiger charge is -2.10. The second kappa shape index (κ2) is 7.56. The van der Waals surface area contributed by atoms with Gasteiger partial charge < -0.3 is 15.2 Å². The quantitative estimate of drug-likeness (QED) is 0.619. The van der Waals surface area contributed by atoms with Crippen molar-refractivity contribution in [2.75, 3.05) is 25.6 Å². The van der Waals surface area contributed by atoms with E-state index in [1.54, 1.807) is 0 Å². The number of nitrogen functional groups attached to an aromatic ring is 1. The number of aryl methyl sites for hydroxylation is 1. The molecule has 0 aliphatic carbocycles. The van der Waals surface area contributed by atoms with Crippen LogP contribution >= 0.6 is 15.9 Å². The van der Waals surface area contributed by atoms with E-state index in [0.717, 1.165) is 40.9 Å². The fourth-order valence-electron chi connectivity index (χ4n) is 1.34. The summed E-state index contributed by atoms with van der Waals surface area (Å²) in [6, 6.07) is 3.80.